The lowest BCUT2D eigenvalue weighted by atomic mass is 9.81. The number of ether oxygens (including phenoxy) is 1. The summed E-state index contributed by atoms with van der Waals surface area (Å²) < 4.78 is 17.9. The average molecular weight is 401 g/mol. The molecule has 2 aromatic carbocycles. The van der Waals surface area contributed by atoms with Crippen LogP contribution >= 0.6 is 0 Å². The molecule has 3 atom stereocenters. The number of anilines is 1. The molecule has 1 heterocycles. The number of rotatable bonds is 7. The number of esters is 1. The van der Waals surface area contributed by atoms with Gasteiger partial charge in [-0.05, 0) is 66.9 Å². The molecule has 150 valence electrons. The number of carbonyl (C=O) groups excluding carboxylic acids is 1. The van der Waals surface area contributed by atoms with E-state index in [1.165, 1.54) is 5.56 Å². The lowest BCUT2D eigenvalue weighted by molar-refractivity contribution is 0.0529. The van der Waals surface area contributed by atoms with E-state index >= 15 is 0 Å². The van der Waals surface area contributed by atoms with E-state index in [0.29, 0.717) is 28.9 Å². The minimum Gasteiger partial charge on any atom is -0.616 e. The molecular formula is C22H28N2O3S. The Balaban J connectivity index is 1.52. The number of carbonyl (C=O) groups is 1. The molecule has 0 radical (unpaired) electrons. The van der Waals surface area contributed by atoms with Crippen molar-refractivity contribution < 1.29 is 14.1 Å². The van der Waals surface area contributed by atoms with Crippen molar-refractivity contribution in [2.75, 3.05) is 44.0 Å². The number of hydrogen-bond acceptors (Lipinski definition) is 5. The second-order valence-electron chi connectivity index (χ2n) is 7.40. The van der Waals surface area contributed by atoms with Gasteiger partial charge in [0.2, 0.25) is 0 Å². The third-order valence-electron chi connectivity index (χ3n) is 5.26. The van der Waals surface area contributed by atoms with E-state index in [9.17, 15) is 9.35 Å². The zero-order valence-corrected chi connectivity index (χ0v) is 17.1. The minimum absolute atomic E-state index is 0.176. The first-order valence-corrected chi connectivity index (χ1v) is 11.1. The summed E-state index contributed by atoms with van der Waals surface area (Å²) in [5.41, 5.74) is 8.36. The van der Waals surface area contributed by atoms with Gasteiger partial charge in [-0.3, -0.25) is 0 Å². The summed E-state index contributed by atoms with van der Waals surface area (Å²) in [5.74, 6) is 1.31. The molecule has 28 heavy (non-hydrogen) atoms. The smallest absolute Gasteiger partial charge is 0.338 e. The predicted octanol–water partition coefficient (Wildman–Crippen LogP) is 2.91. The highest BCUT2D eigenvalue weighted by Crippen LogP contribution is 2.34. The zero-order chi connectivity index (χ0) is 19.9. The zero-order valence-electron chi connectivity index (χ0n) is 16.3. The van der Waals surface area contributed by atoms with Gasteiger partial charge < -0.3 is 19.9 Å². The van der Waals surface area contributed by atoms with E-state index in [-0.39, 0.29) is 12.6 Å². The summed E-state index contributed by atoms with van der Waals surface area (Å²) in [4.78, 5) is 14.3. The molecule has 1 saturated heterocycles. The van der Waals surface area contributed by atoms with Crippen molar-refractivity contribution in [2.45, 2.75) is 12.3 Å². The maximum Gasteiger partial charge on any atom is 0.338 e. The summed E-state index contributed by atoms with van der Waals surface area (Å²) >= 11 is -1.03. The number of likely N-dealkylation sites (tertiary alicyclic amines) is 1. The van der Waals surface area contributed by atoms with Crippen molar-refractivity contribution in [3.8, 4) is 0 Å². The van der Waals surface area contributed by atoms with E-state index in [4.69, 9.17) is 10.5 Å². The van der Waals surface area contributed by atoms with Gasteiger partial charge in [0, 0.05) is 18.2 Å². The highest BCUT2D eigenvalue weighted by Gasteiger charge is 2.32. The van der Waals surface area contributed by atoms with Crippen LogP contribution in [0, 0.1) is 5.92 Å². The van der Waals surface area contributed by atoms with E-state index in [0.717, 1.165) is 25.2 Å². The lowest BCUT2D eigenvalue weighted by Gasteiger charge is -2.37. The van der Waals surface area contributed by atoms with Crippen LogP contribution in [0.25, 0.3) is 0 Å². The number of hydrogen-bond donors (Lipinski definition) is 1. The van der Waals surface area contributed by atoms with Crippen LogP contribution in [-0.4, -0.2) is 53.7 Å². The summed E-state index contributed by atoms with van der Waals surface area (Å²) in [5, 5.41) is 0. The van der Waals surface area contributed by atoms with Crippen LogP contribution in [0.15, 0.2) is 54.6 Å². The number of piperidine rings is 1. The summed E-state index contributed by atoms with van der Waals surface area (Å²) in [7, 11) is 2.11. The first-order chi connectivity index (χ1) is 13.5. The molecule has 2 N–H and O–H groups in total. The van der Waals surface area contributed by atoms with Crippen molar-refractivity contribution in [1.82, 2.24) is 4.90 Å². The van der Waals surface area contributed by atoms with Gasteiger partial charge in [0.1, 0.15) is 18.1 Å². The third-order valence-corrected chi connectivity index (χ3v) is 6.68. The maximum absolute atomic E-state index is 12.6. The van der Waals surface area contributed by atoms with E-state index in [1.54, 1.807) is 24.3 Å². The van der Waals surface area contributed by atoms with Crippen LogP contribution in [0.3, 0.4) is 0 Å². The molecule has 1 unspecified atom stereocenters. The molecule has 0 aromatic heterocycles. The summed E-state index contributed by atoms with van der Waals surface area (Å²) in [6.07, 6.45) is 1.05. The fourth-order valence-corrected chi connectivity index (χ4v) is 5.02. The first kappa shape index (κ1) is 20.7. The van der Waals surface area contributed by atoms with Crippen LogP contribution < -0.4 is 5.73 Å². The highest BCUT2D eigenvalue weighted by molar-refractivity contribution is 7.91. The Labute approximate surface area is 170 Å². The molecule has 1 aliphatic heterocycles. The molecule has 1 aliphatic rings. The molecule has 1 fully saturated rings. The van der Waals surface area contributed by atoms with Gasteiger partial charge in [-0.2, -0.15) is 0 Å². The van der Waals surface area contributed by atoms with E-state index < -0.39 is 11.2 Å². The Morgan fingerprint density at radius 3 is 2.64 bits per heavy atom. The molecule has 2 aromatic rings. The van der Waals surface area contributed by atoms with Gasteiger partial charge in [0.15, 0.2) is 0 Å². The standard InChI is InChI=1S/C22H28N2O3S/c1-24-12-11-21(17-7-9-20(23)10-8-17)19(15-24)16-28(26)14-13-27-22(25)18-5-3-2-4-6-18/h2-10,19,21H,11-16,23H2,1H3/t19-,21-,28?/m1/s1. The van der Waals surface area contributed by atoms with Gasteiger partial charge in [-0.15, -0.1) is 0 Å². The van der Waals surface area contributed by atoms with Crippen molar-refractivity contribution >= 4 is 22.8 Å². The Bertz CT molecular complexity index is 754. The summed E-state index contributed by atoms with van der Waals surface area (Å²) in [6, 6.07) is 16.9. The molecule has 0 saturated carbocycles. The maximum atomic E-state index is 12.6. The fraction of sp³-hybridized carbons (Fsp3) is 0.409. The topological polar surface area (TPSA) is 78.6 Å². The van der Waals surface area contributed by atoms with Gasteiger partial charge in [-0.25, -0.2) is 4.79 Å². The van der Waals surface area contributed by atoms with Crippen molar-refractivity contribution in [3.05, 3.63) is 65.7 Å². The van der Waals surface area contributed by atoms with Gasteiger partial charge in [0.05, 0.1) is 5.56 Å². The lowest BCUT2D eigenvalue weighted by Crippen LogP contribution is -2.40. The molecular weight excluding hydrogens is 372 g/mol. The molecule has 3 rings (SSSR count). The Hall–Kier alpha value is -2.02. The first-order valence-electron chi connectivity index (χ1n) is 9.64. The number of nitrogens with zero attached hydrogens (tertiary/aromatic N) is 1. The Kier molecular flexibility index (Phi) is 7.36. The van der Waals surface area contributed by atoms with Gasteiger partial charge in [-0.1, -0.05) is 30.3 Å². The molecule has 5 nitrogen and oxygen atoms in total. The summed E-state index contributed by atoms with van der Waals surface area (Å²) in [6.45, 7) is 2.13. The highest BCUT2D eigenvalue weighted by atomic mass is 32.2. The second-order valence-corrected chi connectivity index (χ2v) is 9.02. The quantitative estimate of drug-likeness (QED) is 0.439. The Morgan fingerprint density at radius 1 is 1.21 bits per heavy atom. The number of nitrogens with two attached hydrogens (primary N) is 1. The van der Waals surface area contributed by atoms with Crippen LogP contribution in [0.1, 0.15) is 28.3 Å². The molecule has 6 heteroatoms. The van der Waals surface area contributed by atoms with Crippen LogP contribution in [0.2, 0.25) is 0 Å². The fourth-order valence-electron chi connectivity index (χ4n) is 3.77. The number of benzene rings is 2. The molecule has 0 amide bonds. The van der Waals surface area contributed by atoms with Crippen molar-refractivity contribution in [2.24, 2.45) is 5.92 Å². The third kappa shape index (κ3) is 5.74. The number of nitrogen functional groups attached to an aromatic ring is 1. The molecule has 0 spiro atoms. The van der Waals surface area contributed by atoms with Crippen LogP contribution in [0.5, 0.6) is 0 Å². The SMILES string of the molecule is CN1CC[C@H](c2ccc(N)cc2)[C@@H](C[S+]([O-])CCOC(=O)c2ccccc2)C1. The normalized spacial score (nSPS) is 21.2. The average Bonchev–Trinajstić information content (AvgIpc) is 2.69. The minimum atomic E-state index is -1.03. The molecule has 0 bridgehead atoms. The van der Waals surface area contributed by atoms with Crippen LogP contribution in [0.4, 0.5) is 5.69 Å². The second kappa shape index (κ2) is 9.96. The predicted molar refractivity (Wildman–Crippen MR) is 114 cm³/mol. The Morgan fingerprint density at radius 2 is 1.93 bits per heavy atom. The molecule has 0 aliphatic carbocycles. The van der Waals surface area contributed by atoms with Crippen molar-refractivity contribution in [3.63, 3.8) is 0 Å². The van der Waals surface area contributed by atoms with Crippen molar-refractivity contribution in [1.29, 1.82) is 0 Å². The van der Waals surface area contributed by atoms with E-state index in [1.807, 2.05) is 18.2 Å². The van der Waals surface area contributed by atoms with E-state index in [2.05, 4.69) is 24.1 Å². The largest absolute Gasteiger partial charge is 0.616 e. The monoisotopic (exact) mass is 400 g/mol. The van der Waals surface area contributed by atoms with Crippen LogP contribution in [-0.2, 0) is 15.9 Å². The van der Waals surface area contributed by atoms with Gasteiger partial charge in [0.25, 0.3) is 0 Å². The van der Waals surface area contributed by atoms with Gasteiger partial charge >= 0.3 is 5.97 Å².